The highest BCUT2D eigenvalue weighted by molar-refractivity contribution is 9.11. The van der Waals surface area contributed by atoms with E-state index in [1.165, 1.54) is 12.3 Å². The Morgan fingerprint density at radius 2 is 2.25 bits per heavy atom. The molecule has 0 unspecified atom stereocenters. The van der Waals surface area contributed by atoms with Gasteiger partial charge in [0.2, 0.25) is 10.0 Å². The molecular formula is C8H7Br2ClN2O2S. The maximum Gasteiger partial charge on any atom is 0.243 e. The first-order valence-corrected chi connectivity index (χ1v) is 7.41. The standard InChI is InChI=1S/C8H7Br2ClN2O2S/c1-5(9)3-13-16(14,15)7-2-6(10)4-12-8(7)11/h2,4,13H,1,3H2. The van der Waals surface area contributed by atoms with Crippen molar-refractivity contribution in [3.05, 3.63) is 33.0 Å². The first-order chi connectivity index (χ1) is 7.33. The summed E-state index contributed by atoms with van der Waals surface area (Å²) in [5.41, 5.74) is 0. The van der Waals surface area contributed by atoms with Crippen LogP contribution in [-0.2, 0) is 10.0 Å². The largest absolute Gasteiger partial charge is 0.243 e. The van der Waals surface area contributed by atoms with Gasteiger partial charge < -0.3 is 0 Å². The van der Waals surface area contributed by atoms with Crippen molar-refractivity contribution in [2.45, 2.75) is 4.90 Å². The van der Waals surface area contributed by atoms with Gasteiger partial charge in [-0.05, 0) is 22.0 Å². The molecule has 0 atom stereocenters. The van der Waals surface area contributed by atoms with Crippen LogP contribution in [0.3, 0.4) is 0 Å². The Morgan fingerprint density at radius 1 is 1.62 bits per heavy atom. The third kappa shape index (κ3) is 3.81. The van der Waals surface area contributed by atoms with Gasteiger partial charge >= 0.3 is 0 Å². The van der Waals surface area contributed by atoms with E-state index >= 15 is 0 Å². The van der Waals surface area contributed by atoms with Crippen molar-refractivity contribution in [1.82, 2.24) is 9.71 Å². The van der Waals surface area contributed by atoms with Crippen molar-refractivity contribution in [1.29, 1.82) is 0 Å². The number of halogens is 3. The summed E-state index contributed by atoms with van der Waals surface area (Å²) in [5.74, 6) is 0. The van der Waals surface area contributed by atoms with E-state index in [4.69, 9.17) is 11.6 Å². The van der Waals surface area contributed by atoms with Crippen molar-refractivity contribution in [2.75, 3.05) is 6.54 Å². The molecule has 0 fully saturated rings. The maximum atomic E-state index is 11.8. The van der Waals surface area contributed by atoms with E-state index in [0.717, 1.165) is 0 Å². The van der Waals surface area contributed by atoms with Gasteiger partial charge in [0.25, 0.3) is 0 Å². The summed E-state index contributed by atoms with van der Waals surface area (Å²) in [7, 11) is -3.67. The summed E-state index contributed by atoms with van der Waals surface area (Å²) in [4.78, 5) is 3.67. The molecule has 0 saturated carbocycles. The van der Waals surface area contributed by atoms with Gasteiger partial charge in [-0.3, -0.25) is 0 Å². The van der Waals surface area contributed by atoms with Crippen molar-refractivity contribution >= 4 is 53.5 Å². The number of aromatic nitrogens is 1. The van der Waals surface area contributed by atoms with E-state index in [0.29, 0.717) is 8.96 Å². The SMILES string of the molecule is C=C(Br)CNS(=O)(=O)c1cc(Br)cnc1Cl. The second-order valence-corrected chi connectivity index (χ2v) is 6.91. The molecule has 0 amide bonds. The normalized spacial score (nSPS) is 11.4. The minimum atomic E-state index is -3.67. The van der Waals surface area contributed by atoms with Gasteiger partial charge in [-0.25, -0.2) is 18.1 Å². The molecule has 1 aromatic heterocycles. The van der Waals surface area contributed by atoms with Crippen LogP contribution in [0, 0.1) is 0 Å². The third-order valence-corrected chi connectivity index (χ3v) is 4.06. The summed E-state index contributed by atoms with van der Waals surface area (Å²) in [6.45, 7) is 3.61. The van der Waals surface area contributed by atoms with Gasteiger partial charge in [-0.1, -0.05) is 34.1 Å². The summed E-state index contributed by atoms with van der Waals surface area (Å²) in [6, 6.07) is 1.38. The molecule has 1 aromatic rings. The van der Waals surface area contributed by atoms with Crippen LogP contribution in [0.2, 0.25) is 5.15 Å². The quantitative estimate of drug-likeness (QED) is 0.805. The fraction of sp³-hybridized carbons (Fsp3) is 0.125. The number of rotatable bonds is 4. The highest BCUT2D eigenvalue weighted by Crippen LogP contribution is 2.22. The number of hydrogen-bond acceptors (Lipinski definition) is 3. The lowest BCUT2D eigenvalue weighted by Crippen LogP contribution is -2.25. The fourth-order valence-corrected chi connectivity index (χ4v) is 3.14. The van der Waals surface area contributed by atoms with E-state index in [-0.39, 0.29) is 16.6 Å². The number of pyridine rings is 1. The molecule has 0 bridgehead atoms. The summed E-state index contributed by atoms with van der Waals surface area (Å²) >= 11 is 11.9. The molecule has 0 radical (unpaired) electrons. The molecule has 16 heavy (non-hydrogen) atoms. The van der Waals surface area contributed by atoms with Gasteiger partial charge in [-0.2, -0.15) is 0 Å². The Kier molecular flexibility index (Phi) is 4.93. The predicted molar refractivity (Wildman–Crippen MR) is 70.2 cm³/mol. The Morgan fingerprint density at radius 3 is 2.81 bits per heavy atom. The van der Waals surface area contributed by atoms with E-state index in [9.17, 15) is 8.42 Å². The molecule has 0 spiro atoms. The molecule has 1 rings (SSSR count). The second-order valence-electron chi connectivity index (χ2n) is 2.78. The lowest BCUT2D eigenvalue weighted by Gasteiger charge is -2.07. The minimum Gasteiger partial charge on any atom is -0.242 e. The average molecular weight is 390 g/mol. The first-order valence-electron chi connectivity index (χ1n) is 3.97. The molecular weight excluding hydrogens is 383 g/mol. The van der Waals surface area contributed by atoms with E-state index in [1.807, 2.05) is 0 Å². The van der Waals surface area contributed by atoms with Gasteiger partial charge in [0.05, 0.1) is 0 Å². The van der Waals surface area contributed by atoms with Crippen molar-refractivity contribution < 1.29 is 8.42 Å². The molecule has 0 aliphatic rings. The Balaban J connectivity index is 3.07. The topological polar surface area (TPSA) is 59.1 Å². The Hall–Kier alpha value is 0.0500. The zero-order chi connectivity index (χ0) is 12.3. The Bertz CT molecular complexity index is 519. The molecule has 0 aromatic carbocycles. The van der Waals surface area contributed by atoms with Crippen LogP contribution in [-0.4, -0.2) is 19.9 Å². The second kappa shape index (κ2) is 5.59. The number of hydrogen-bond donors (Lipinski definition) is 1. The summed E-state index contributed by atoms with van der Waals surface area (Å²) in [5, 5.41) is -0.0733. The molecule has 8 heteroatoms. The highest BCUT2D eigenvalue weighted by atomic mass is 79.9. The lowest BCUT2D eigenvalue weighted by atomic mass is 10.5. The van der Waals surface area contributed by atoms with Gasteiger partial charge in [-0.15, -0.1) is 0 Å². The highest BCUT2D eigenvalue weighted by Gasteiger charge is 2.18. The molecule has 0 aliphatic heterocycles. The van der Waals surface area contributed by atoms with Gasteiger partial charge in [0.1, 0.15) is 10.0 Å². The van der Waals surface area contributed by atoms with Gasteiger partial charge in [0.15, 0.2) is 0 Å². The molecule has 0 saturated heterocycles. The van der Waals surface area contributed by atoms with Crippen LogP contribution in [0.25, 0.3) is 0 Å². The van der Waals surface area contributed by atoms with Gasteiger partial charge in [0, 0.05) is 21.7 Å². The van der Waals surface area contributed by atoms with Crippen molar-refractivity contribution in [3.8, 4) is 0 Å². The number of nitrogens with one attached hydrogen (secondary N) is 1. The predicted octanol–water partition coefficient (Wildman–Crippen LogP) is 2.68. The summed E-state index contributed by atoms with van der Waals surface area (Å²) < 4.78 is 27.0. The monoisotopic (exact) mass is 388 g/mol. The molecule has 4 nitrogen and oxygen atoms in total. The fourth-order valence-electron chi connectivity index (χ4n) is 0.844. The molecule has 1 N–H and O–H groups in total. The van der Waals surface area contributed by atoms with Crippen molar-refractivity contribution in [2.24, 2.45) is 0 Å². The van der Waals surface area contributed by atoms with Crippen LogP contribution in [0.15, 0.2) is 32.7 Å². The smallest absolute Gasteiger partial charge is 0.242 e. The zero-order valence-electron chi connectivity index (χ0n) is 7.87. The Labute approximate surface area is 115 Å². The third-order valence-electron chi connectivity index (χ3n) is 1.52. The molecule has 88 valence electrons. The van der Waals surface area contributed by atoms with E-state index in [1.54, 1.807) is 0 Å². The number of sulfonamides is 1. The van der Waals surface area contributed by atoms with Crippen LogP contribution in [0.5, 0.6) is 0 Å². The average Bonchev–Trinajstić information content (AvgIpc) is 2.19. The molecule has 0 aliphatic carbocycles. The van der Waals surface area contributed by atoms with Crippen LogP contribution >= 0.6 is 43.5 Å². The van der Waals surface area contributed by atoms with E-state index < -0.39 is 10.0 Å². The lowest BCUT2D eigenvalue weighted by molar-refractivity contribution is 0.585. The minimum absolute atomic E-state index is 0.0720. The van der Waals surface area contributed by atoms with Crippen LogP contribution in [0.4, 0.5) is 0 Å². The summed E-state index contributed by atoms with van der Waals surface area (Å²) in [6.07, 6.45) is 1.42. The number of nitrogens with zero attached hydrogens (tertiary/aromatic N) is 1. The van der Waals surface area contributed by atoms with Crippen LogP contribution in [0.1, 0.15) is 0 Å². The first kappa shape index (κ1) is 14.1. The van der Waals surface area contributed by atoms with Crippen molar-refractivity contribution in [3.63, 3.8) is 0 Å². The maximum absolute atomic E-state index is 11.8. The molecule has 1 heterocycles. The zero-order valence-corrected chi connectivity index (χ0v) is 12.6. The van der Waals surface area contributed by atoms with Crippen LogP contribution < -0.4 is 4.72 Å². The van der Waals surface area contributed by atoms with E-state index in [2.05, 4.69) is 48.1 Å².